The largest absolute Gasteiger partial charge is 0.444 e. The van der Waals surface area contributed by atoms with E-state index < -0.39 is 14.7 Å². The first-order valence-electron chi connectivity index (χ1n) is 10.6. The monoisotopic (exact) mass is 479 g/mol. The highest BCUT2D eigenvalue weighted by molar-refractivity contribution is 8.13. The van der Waals surface area contributed by atoms with E-state index >= 15 is 0 Å². The van der Waals surface area contributed by atoms with E-state index in [9.17, 15) is 13.2 Å². The molecule has 0 radical (unpaired) electrons. The maximum absolute atomic E-state index is 12.4. The van der Waals surface area contributed by atoms with Crippen molar-refractivity contribution >= 4 is 25.8 Å². The van der Waals surface area contributed by atoms with Gasteiger partial charge in [-0.1, -0.05) is 44.2 Å². The Morgan fingerprint density at radius 3 is 2.29 bits per heavy atom. The summed E-state index contributed by atoms with van der Waals surface area (Å²) in [6.45, 7) is 11.2. The highest BCUT2D eigenvalue weighted by Crippen LogP contribution is 2.33. The number of nitrogens with zero attached hydrogens (tertiary/aromatic N) is 1. The minimum absolute atomic E-state index is 0.00810. The smallest absolute Gasteiger partial charge is 0.410 e. The average molecular weight is 480 g/mol. The first-order valence-corrected chi connectivity index (χ1v) is 13.3. The molecule has 0 saturated carbocycles. The van der Waals surface area contributed by atoms with Gasteiger partial charge in [0.15, 0.2) is 0 Å². The molecule has 7 nitrogen and oxygen atoms in total. The van der Waals surface area contributed by atoms with Gasteiger partial charge < -0.3 is 19.5 Å². The Kier molecular flexibility index (Phi) is 14.0. The minimum atomic E-state index is -3.19. The van der Waals surface area contributed by atoms with Crippen LogP contribution in [0.3, 0.4) is 0 Å². The Morgan fingerprint density at radius 1 is 1.26 bits per heavy atom. The van der Waals surface area contributed by atoms with Crippen molar-refractivity contribution < 1.29 is 27.8 Å². The number of aliphatic hydroxyl groups excluding tert-OH is 1. The summed E-state index contributed by atoms with van der Waals surface area (Å²) in [5, 5.41) is 9.12. The molecule has 1 saturated heterocycles. The number of likely N-dealkylation sites (tertiary alicyclic amines) is 1. The SMILES string of the molecule is CC.CC(C)(C)OC(=O)N1CCCC(C(OCCO)c2ccccc2)C1.CS(=O)(=O)Cl. The van der Waals surface area contributed by atoms with E-state index in [1.54, 1.807) is 4.90 Å². The van der Waals surface area contributed by atoms with Gasteiger partial charge in [0.05, 0.1) is 25.6 Å². The van der Waals surface area contributed by atoms with Crippen LogP contribution in [0.5, 0.6) is 0 Å². The van der Waals surface area contributed by atoms with Gasteiger partial charge in [-0.2, -0.15) is 0 Å². The molecule has 1 heterocycles. The molecule has 1 aromatic rings. The van der Waals surface area contributed by atoms with Crippen molar-refractivity contribution in [3.63, 3.8) is 0 Å². The molecule has 0 bridgehead atoms. The van der Waals surface area contributed by atoms with Crippen LogP contribution in [0, 0.1) is 5.92 Å². The molecule has 1 aliphatic rings. The van der Waals surface area contributed by atoms with Crippen LogP contribution in [-0.2, 0) is 18.5 Å². The standard InChI is InChI=1S/C19H29NO4.C2H6.CH3ClO2S/c1-19(2,3)24-18(22)20-11-7-10-16(14-20)17(23-13-12-21)15-8-5-4-6-9-15;1-2;1-5(2,3)4/h4-6,8-9,16-17,21H,7,10-14H2,1-3H3;1-2H3;1H3. The molecule has 2 unspecified atom stereocenters. The molecule has 180 valence electrons. The lowest BCUT2D eigenvalue weighted by molar-refractivity contribution is -0.0348. The lowest BCUT2D eigenvalue weighted by Gasteiger charge is -2.37. The highest BCUT2D eigenvalue weighted by Gasteiger charge is 2.32. The third-order valence-corrected chi connectivity index (χ3v) is 4.05. The highest BCUT2D eigenvalue weighted by atomic mass is 35.7. The number of benzene rings is 1. The molecule has 2 rings (SSSR count). The van der Waals surface area contributed by atoms with E-state index in [-0.39, 0.29) is 24.7 Å². The minimum Gasteiger partial charge on any atom is -0.444 e. The van der Waals surface area contributed by atoms with Crippen LogP contribution in [0.2, 0.25) is 0 Å². The molecule has 1 fully saturated rings. The molecule has 1 aliphatic heterocycles. The predicted molar refractivity (Wildman–Crippen MR) is 125 cm³/mol. The molecule has 1 N–H and O–H groups in total. The fourth-order valence-electron chi connectivity index (χ4n) is 3.08. The molecule has 0 spiro atoms. The van der Waals surface area contributed by atoms with E-state index in [1.807, 2.05) is 65.0 Å². The van der Waals surface area contributed by atoms with Crippen molar-refractivity contribution in [1.82, 2.24) is 4.90 Å². The summed E-state index contributed by atoms with van der Waals surface area (Å²) in [6.07, 6.45) is 2.46. The topological polar surface area (TPSA) is 93.1 Å². The molecule has 0 aromatic heterocycles. The maximum Gasteiger partial charge on any atom is 0.410 e. The summed E-state index contributed by atoms with van der Waals surface area (Å²) in [4.78, 5) is 14.1. The molecule has 2 atom stereocenters. The van der Waals surface area contributed by atoms with Gasteiger partial charge in [0.2, 0.25) is 9.05 Å². The van der Waals surface area contributed by atoms with Crippen LogP contribution in [-0.4, -0.2) is 62.7 Å². The lowest BCUT2D eigenvalue weighted by Crippen LogP contribution is -2.44. The van der Waals surface area contributed by atoms with Crippen LogP contribution >= 0.6 is 10.7 Å². The second kappa shape index (κ2) is 14.7. The fourth-order valence-corrected chi connectivity index (χ4v) is 3.08. The zero-order chi connectivity index (χ0) is 24.1. The fraction of sp³-hybridized carbons (Fsp3) is 0.682. The molecular formula is C22H38ClNO6S. The first kappa shape index (κ1) is 29.7. The zero-order valence-electron chi connectivity index (χ0n) is 19.5. The number of amides is 1. The Morgan fingerprint density at radius 2 is 1.81 bits per heavy atom. The van der Waals surface area contributed by atoms with Crippen molar-refractivity contribution in [3.8, 4) is 0 Å². The number of halogens is 1. The molecule has 1 amide bonds. The number of hydrogen-bond donors (Lipinski definition) is 1. The zero-order valence-corrected chi connectivity index (χ0v) is 21.1. The van der Waals surface area contributed by atoms with Gasteiger partial charge in [0.25, 0.3) is 0 Å². The third kappa shape index (κ3) is 14.4. The van der Waals surface area contributed by atoms with Crippen LogP contribution in [0.1, 0.15) is 59.1 Å². The molecule has 0 aliphatic carbocycles. The van der Waals surface area contributed by atoms with E-state index in [2.05, 4.69) is 10.7 Å². The van der Waals surface area contributed by atoms with E-state index in [1.165, 1.54) is 0 Å². The van der Waals surface area contributed by atoms with Crippen LogP contribution in [0.25, 0.3) is 0 Å². The second-order valence-corrected chi connectivity index (χ2v) is 11.0. The molecular weight excluding hydrogens is 442 g/mol. The molecule has 1 aromatic carbocycles. The van der Waals surface area contributed by atoms with Crippen LogP contribution < -0.4 is 0 Å². The summed E-state index contributed by atoms with van der Waals surface area (Å²) in [7, 11) is 1.31. The second-order valence-electron chi connectivity index (χ2n) is 7.94. The number of hydrogen-bond acceptors (Lipinski definition) is 6. The van der Waals surface area contributed by atoms with Gasteiger partial charge in [-0.3, -0.25) is 0 Å². The van der Waals surface area contributed by atoms with Crippen molar-refractivity contribution in [2.24, 2.45) is 5.92 Å². The van der Waals surface area contributed by atoms with Crippen molar-refractivity contribution in [2.75, 3.05) is 32.6 Å². The predicted octanol–water partition coefficient (Wildman–Crippen LogP) is 4.59. The van der Waals surface area contributed by atoms with Gasteiger partial charge in [0.1, 0.15) is 5.60 Å². The first-order chi connectivity index (χ1) is 14.4. The number of rotatable bonds is 5. The number of carbonyl (C=O) groups excluding carboxylic acids is 1. The Labute approximate surface area is 192 Å². The quantitative estimate of drug-likeness (QED) is 0.620. The summed E-state index contributed by atoms with van der Waals surface area (Å²) in [6, 6.07) is 10.0. The van der Waals surface area contributed by atoms with Gasteiger partial charge in [-0.05, 0) is 39.2 Å². The number of ether oxygens (including phenoxy) is 2. The maximum atomic E-state index is 12.4. The Balaban J connectivity index is 0.00000113. The van der Waals surface area contributed by atoms with Gasteiger partial charge in [0, 0.05) is 29.7 Å². The van der Waals surface area contributed by atoms with E-state index in [0.29, 0.717) is 19.7 Å². The summed E-state index contributed by atoms with van der Waals surface area (Å²) < 4.78 is 30.2. The average Bonchev–Trinajstić information content (AvgIpc) is 2.68. The van der Waals surface area contributed by atoms with Gasteiger partial charge >= 0.3 is 6.09 Å². The summed E-state index contributed by atoms with van der Waals surface area (Å²) >= 11 is 0. The molecule has 9 heteroatoms. The van der Waals surface area contributed by atoms with Gasteiger partial charge in [-0.25, -0.2) is 13.2 Å². The summed E-state index contributed by atoms with van der Waals surface area (Å²) in [5.41, 5.74) is 0.595. The lowest BCUT2D eigenvalue weighted by atomic mass is 9.88. The van der Waals surface area contributed by atoms with Crippen molar-refractivity contribution in [3.05, 3.63) is 35.9 Å². The van der Waals surface area contributed by atoms with Crippen molar-refractivity contribution in [1.29, 1.82) is 0 Å². The van der Waals surface area contributed by atoms with Gasteiger partial charge in [-0.15, -0.1) is 0 Å². The number of carbonyl (C=O) groups is 1. The summed E-state index contributed by atoms with van der Waals surface area (Å²) in [5.74, 6) is 0.195. The molecule has 31 heavy (non-hydrogen) atoms. The Bertz CT molecular complexity index is 713. The number of piperidine rings is 1. The normalized spacial score (nSPS) is 17.4. The third-order valence-electron chi connectivity index (χ3n) is 4.05. The Hall–Kier alpha value is -1.35. The van der Waals surface area contributed by atoms with Crippen LogP contribution in [0.4, 0.5) is 4.79 Å². The van der Waals surface area contributed by atoms with E-state index in [0.717, 1.165) is 24.7 Å². The van der Waals surface area contributed by atoms with Crippen molar-refractivity contribution in [2.45, 2.75) is 59.2 Å². The van der Waals surface area contributed by atoms with Crippen LogP contribution in [0.15, 0.2) is 30.3 Å². The number of aliphatic hydroxyl groups is 1. The van der Waals surface area contributed by atoms with E-state index in [4.69, 9.17) is 14.6 Å².